The Kier molecular flexibility index (Phi) is 5.14. The predicted octanol–water partition coefficient (Wildman–Crippen LogP) is 12.8. The highest BCUT2D eigenvalue weighted by Crippen LogP contribution is 2.48. The lowest BCUT2D eigenvalue weighted by atomic mass is 9.96. The minimum Gasteiger partial charge on any atom is -0.456 e. The van der Waals surface area contributed by atoms with Crippen LogP contribution in [-0.2, 0) is 0 Å². The number of nitrogens with zero attached hydrogens (tertiary/aromatic N) is 1. The Labute approximate surface area is 276 Å². The molecule has 0 spiro atoms. The number of aromatic nitrogens is 1. The van der Waals surface area contributed by atoms with Crippen LogP contribution in [0.2, 0.25) is 0 Å². The minimum atomic E-state index is 0.917. The Bertz CT molecular complexity index is 2940. The Balaban J connectivity index is 1.12. The SMILES string of the molecule is c1ccc(-n2c3ccc(-c4ccc5c(c4)-c4cccc6cccc-5c46)cc3c3cc(-c4ccc5oc6ccccc6c5c4)ccc32)cc1. The monoisotopic (exact) mass is 609 g/mol. The summed E-state index contributed by atoms with van der Waals surface area (Å²) in [6, 6.07) is 59.7. The highest BCUT2D eigenvalue weighted by atomic mass is 16.3. The molecule has 0 amide bonds. The standard InChI is InChI=1S/C46H27NO/c1-2-10-33(11-3-1)47-42-21-17-30(29-16-20-34-36-13-6-8-28-9-7-14-37(46(28)36)38(34)24-29)25-39(42)40-26-31(18-22-43(40)47)32-19-23-45-41(27-32)35-12-4-5-15-44(35)48-45/h1-27H. The summed E-state index contributed by atoms with van der Waals surface area (Å²) in [5.41, 5.74) is 15.5. The van der Waals surface area contributed by atoms with Gasteiger partial charge in [-0.2, -0.15) is 0 Å². The summed E-state index contributed by atoms with van der Waals surface area (Å²) in [5, 5.41) is 7.44. The molecule has 1 aliphatic carbocycles. The molecule has 0 bridgehead atoms. The number of para-hydroxylation sites is 2. The zero-order valence-electron chi connectivity index (χ0n) is 25.9. The molecule has 0 unspecified atom stereocenters. The van der Waals surface area contributed by atoms with E-state index in [0.717, 1.165) is 27.6 Å². The quantitative estimate of drug-likeness (QED) is 0.195. The van der Waals surface area contributed by atoms with E-state index in [1.165, 1.54) is 77.1 Å². The number of furan rings is 1. The van der Waals surface area contributed by atoms with E-state index in [1.54, 1.807) is 0 Å². The Morgan fingerprint density at radius 1 is 0.354 bits per heavy atom. The average molecular weight is 610 g/mol. The van der Waals surface area contributed by atoms with E-state index >= 15 is 0 Å². The molecule has 0 N–H and O–H groups in total. The van der Waals surface area contributed by atoms with Crippen LogP contribution in [0, 0.1) is 0 Å². The third kappa shape index (κ3) is 3.57. The van der Waals surface area contributed by atoms with Gasteiger partial charge >= 0.3 is 0 Å². The van der Waals surface area contributed by atoms with Crippen molar-refractivity contribution in [3.8, 4) is 50.2 Å². The number of rotatable bonds is 3. The summed E-state index contributed by atoms with van der Waals surface area (Å²) in [5.74, 6) is 0. The first kappa shape index (κ1) is 25.8. The average Bonchev–Trinajstić information content (AvgIpc) is 3.80. The van der Waals surface area contributed by atoms with Crippen LogP contribution in [0.15, 0.2) is 168 Å². The predicted molar refractivity (Wildman–Crippen MR) is 201 cm³/mol. The van der Waals surface area contributed by atoms with Crippen LogP contribution < -0.4 is 0 Å². The van der Waals surface area contributed by atoms with Gasteiger partial charge in [0.05, 0.1) is 11.0 Å². The van der Waals surface area contributed by atoms with E-state index < -0.39 is 0 Å². The van der Waals surface area contributed by atoms with Crippen molar-refractivity contribution in [1.82, 2.24) is 4.57 Å². The third-order valence-electron chi connectivity index (χ3n) is 10.3. The molecular formula is C46H27NO. The van der Waals surface area contributed by atoms with Gasteiger partial charge in [0.1, 0.15) is 11.2 Å². The minimum absolute atomic E-state index is 0.917. The fourth-order valence-electron chi connectivity index (χ4n) is 8.11. The number of hydrogen-bond acceptors (Lipinski definition) is 1. The molecule has 0 fully saturated rings. The zero-order chi connectivity index (χ0) is 31.3. The van der Waals surface area contributed by atoms with Crippen LogP contribution in [0.3, 0.4) is 0 Å². The lowest BCUT2D eigenvalue weighted by molar-refractivity contribution is 0.669. The molecule has 2 heteroatoms. The molecule has 222 valence electrons. The van der Waals surface area contributed by atoms with Crippen molar-refractivity contribution in [1.29, 1.82) is 0 Å². The van der Waals surface area contributed by atoms with Crippen molar-refractivity contribution >= 4 is 54.5 Å². The van der Waals surface area contributed by atoms with E-state index in [9.17, 15) is 0 Å². The Morgan fingerprint density at radius 3 is 1.69 bits per heavy atom. The second-order valence-electron chi connectivity index (χ2n) is 12.9. The largest absolute Gasteiger partial charge is 0.456 e. The second-order valence-corrected chi connectivity index (χ2v) is 12.9. The summed E-state index contributed by atoms with van der Waals surface area (Å²) < 4.78 is 8.53. The van der Waals surface area contributed by atoms with Crippen LogP contribution >= 0.6 is 0 Å². The van der Waals surface area contributed by atoms with Gasteiger partial charge in [0.2, 0.25) is 0 Å². The van der Waals surface area contributed by atoms with Crippen molar-refractivity contribution in [2.24, 2.45) is 0 Å². The van der Waals surface area contributed by atoms with E-state index in [1.807, 2.05) is 12.1 Å². The summed E-state index contributed by atoms with van der Waals surface area (Å²) in [4.78, 5) is 0. The molecule has 0 atom stereocenters. The summed E-state index contributed by atoms with van der Waals surface area (Å²) >= 11 is 0. The molecule has 2 nitrogen and oxygen atoms in total. The normalized spacial score (nSPS) is 12.2. The fourth-order valence-corrected chi connectivity index (χ4v) is 8.11. The van der Waals surface area contributed by atoms with Crippen LogP contribution in [0.5, 0.6) is 0 Å². The molecule has 0 saturated carbocycles. The first-order chi connectivity index (χ1) is 23.8. The van der Waals surface area contributed by atoms with E-state index in [4.69, 9.17) is 4.42 Å². The first-order valence-electron chi connectivity index (χ1n) is 16.5. The molecule has 0 saturated heterocycles. The molecule has 0 aliphatic heterocycles. The molecule has 8 aromatic carbocycles. The van der Waals surface area contributed by atoms with Gasteiger partial charge in [0, 0.05) is 27.2 Å². The highest BCUT2D eigenvalue weighted by molar-refractivity contribution is 6.16. The van der Waals surface area contributed by atoms with Crippen LogP contribution in [0.1, 0.15) is 0 Å². The zero-order valence-corrected chi connectivity index (χ0v) is 25.9. The third-order valence-corrected chi connectivity index (χ3v) is 10.3. The lowest BCUT2D eigenvalue weighted by Crippen LogP contribution is -1.93. The summed E-state index contributed by atoms with van der Waals surface area (Å²) in [6.07, 6.45) is 0. The van der Waals surface area contributed by atoms with Gasteiger partial charge in [0.15, 0.2) is 0 Å². The molecule has 11 rings (SSSR count). The van der Waals surface area contributed by atoms with E-state index in [2.05, 4.69) is 156 Å². The molecule has 2 aromatic heterocycles. The van der Waals surface area contributed by atoms with Crippen molar-refractivity contribution < 1.29 is 4.42 Å². The van der Waals surface area contributed by atoms with Gasteiger partial charge in [-0.1, -0.05) is 103 Å². The van der Waals surface area contributed by atoms with E-state index in [0.29, 0.717) is 0 Å². The molecule has 1 aliphatic rings. The number of fused-ring (bicyclic) bond motifs is 9. The topological polar surface area (TPSA) is 18.1 Å². The number of hydrogen-bond donors (Lipinski definition) is 0. The van der Waals surface area contributed by atoms with Gasteiger partial charge < -0.3 is 8.98 Å². The number of benzene rings is 8. The summed E-state index contributed by atoms with van der Waals surface area (Å²) in [6.45, 7) is 0. The molecule has 10 aromatic rings. The maximum absolute atomic E-state index is 6.14. The van der Waals surface area contributed by atoms with Crippen molar-refractivity contribution in [3.05, 3.63) is 164 Å². The van der Waals surface area contributed by atoms with Crippen molar-refractivity contribution in [3.63, 3.8) is 0 Å². The molecule has 0 radical (unpaired) electrons. The maximum atomic E-state index is 6.14. The molecular weight excluding hydrogens is 583 g/mol. The highest BCUT2D eigenvalue weighted by Gasteiger charge is 2.22. The second kappa shape index (κ2) is 9.57. The van der Waals surface area contributed by atoms with Crippen LogP contribution in [-0.4, -0.2) is 4.57 Å². The first-order valence-corrected chi connectivity index (χ1v) is 16.5. The van der Waals surface area contributed by atoms with Gasteiger partial charge in [-0.15, -0.1) is 0 Å². The van der Waals surface area contributed by atoms with E-state index in [-0.39, 0.29) is 0 Å². The molecule has 2 heterocycles. The molecule has 48 heavy (non-hydrogen) atoms. The van der Waals surface area contributed by atoms with Crippen LogP contribution in [0.25, 0.3) is 105 Å². The Morgan fingerprint density at radius 2 is 0.938 bits per heavy atom. The van der Waals surface area contributed by atoms with Gasteiger partial charge in [0.25, 0.3) is 0 Å². The summed E-state index contributed by atoms with van der Waals surface area (Å²) in [7, 11) is 0. The van der Waals surface area contributed by atoms with Gasteiger partial charge in [-0.25, -0.2) is 0 Å². The van der Waals surface area contributed by atoms with Crippen molar-refractivity contribution in [2.75, 3.05) is 0 Å². The van der Waals surface area contributed by atoms with Crippen molar-refractivity contribution in [2.45, 2.75) is 0 Å². The van der Waals surface area contributed by atoms with Gasteiger partial charge in [-0.3, -0.25) is 0 Å². The fraction of sp³-hybridized carbons (Fsp3) is 0. The van der Waals surface area contributed by atoms with Gasteiger partial charge in [-0.05, 0) is 116 Å². The maximum Gasteiger partial charge on any atom is 0.135 e. The Hall–Kier alpha value is -6.38. The van der Waals surface area contributed by atoms with Crippen LogP contribution in [0.4, 0.5) is 0 Å². The smallest absolute Gasteiger partial charge is 0.135 e. The lowest BCUT2D eigenvalue weighted by Gasteiger charge is -2.09.